The molecule has 0 aliphatic carbocycles. The Morgan fingerprint density at radius 1 is 0.730 bits per heavy atom. The van der Waals surface area contributed by atoms with Crippen molar-refractivity contribution in [3.8, 4) is 11.1 Å². The smallest absolute Gasteiger partial charge is 0.338 e. The van der Waals surface area contributed by atoms with Crippen molar-refractivity contribution in [3.63, 3.8) is 0 Å². The third-order valence-corrected chi connectivity index (χ3v) is 7.02. The number of rotatable bonds is 15. The maximum atomic E-state index is 13.5. The topological polar surface area (TPSA) is 43.4 Å². The van der Waals surface area contributed by atoms with Gasteiger partial charge in [-0.25, -0.2) is 4.79 Å². The average Bonchev–Trinajstić information content (AvgIpc) is 2.95. The summed E-state index contributed by atoms with van der Waals surface area (Å²) < 4.78 is 5.58. The Balaban J connectivity index is 1.78. The molecule has 196 valence electrons. The van der Waals surface area contributed by atoms with Crippen LogP contribution in [0.15, 0.2) is 72.8 Å². The number of hydrogen-bond acceptors (Lipinski definition) is 3. The van der Waals surface area contributed by atoms with Crippen LogP contribution in [-0.4, -0.2) is 18.4 Å². The van der Waals surface area contributed by atoms with Gasteiger partial charge in [0.1, 0.15) is 0 Å². The quantitative estimate of drug-likeness (QED) is 0.119. The fourth-order valence-corrected chi connectivity index (χ4v) is 4.67. The predicted molar refractivity (Wildman–Crippen MR) is 153 cm³/mol. The van der Waals surface area contributed by atoms with Crippen molar-refractivity contribution >= 4 is 11.8 Å². The fourth-order valence-electron chi connectivity index (χ4n) is 4.67. The number of esters is 1. The molecular formula is C34H42O3. The molecule has 0 amide bonds. The number of Topliss-reactive ketones (excluding diaryl/α,β-unsaturated/α-hetero) is 1. The highest BCUT2D eigenvalue weighted by atomic mass is 16.5. The first kappa shape index (κ1) is 28.4. The fraction of sp³-hybridized carbons (Fsp3) is 0.412. The van der Waals surface area contributed by atoms with Crippen LogP contribution in [-0.2, 0) is 11.2 Å². The summed E-state index contributed by atoms with van der Waals surface area (Å²) in [7, 11) is 0. The molecule has 0 N–H and O–H groups in total. The van der Waals surface area contributed by atoms with Crippen molar-refractivity contribution in [3.05, 3.63) is 95.1 Å². The Bertz CT molecular complexity index is 1120. The minimum atomic E-state index is -0.400. The van der Waals surface area contributed by atoms with Crippen molar-refractivity contribution in [2.24, 2.45) is 0 Å². The van der Waals surface area contributed by atoms with E-state index in [-0.39, 0.29) is 11.8 Å². The highest BCUT2D eigenvalue weighted by Gasteiger charge is 2.22. The number of ketones is 1. The van der Waals surface area contributed by atoms with Gasteiger partial charge in [-0.05, 0) is 53.6 Å². The van der Waals surface area contributed by atoms with Gasteiger partial charge < -0.3 is 4.74 Å². The van der Waals surface area contributed by atoms with Crippen molar-refractivity contribution in [1.29, 1.82) is 0 Å². The lowest BCUT2D eigenvalue weighted by molar-refractivity contribution is 0.0497. The van der Waals surface area contributed by atoms with Gasteiger partial charge in [0.15, 0.2) is 5.78 Å². The van der Waals surface area contributed by atoms with Crippen molar-refractivity contribution in [2.45, 2.75) is 84.5 Å². The second kappa shape index (κ2) is 15.1. The van der Waals surface area contributed by atoms with Gasteiger partial charge >= 0.3 is 5.97 Å². The molecule has 37 heavy (non-hydrogen) atoms. The van der Waals surface area contributed by atoms with Crippen LogP contribution in [0.2, 0.25) is 0 Å². The minimum Gasteiger partial charge on any atom is -0.462 e. The second-order valence-corrected chi connectivity index (χ2v) is 9.96. The van der Waals surface area contributed by atoms with Crippen molar-refractivity contribution in [2.75, 3.05) is 6.61 Å². The van der Waals surface area contributed by atoms with Crippen LogP contribution in [0, 0.1) is 0 Å². The van der Waals surface area contributed by atoms with E-state index in [1.54, 1.807) is 0 Å². The molecule has 0 radical (unpaired) electrons. The standard InChI is InChI=1S/C34H42O3/c1-4-6-8-9-10-14-24-37-34(36)30-22-23-31(28-16-12-11-13-17-28)32(25-30)26(3)33(35)29-20-18-27(19-21-29)15-7-5-2/h11-13,16-23,25-26H,4-10,14-15,24H2,1-3H3. The van der Waals surface area contributed by atoms with E-state index in [9.17, 15) is 9.59 Å². The molecule has 0 heterocycles. The normalized spacial score (nSPS) is 11.8. The number of benzene rings is 3. The Morgan fingerprint density at radius 3 is 2.08 bits per heavy atom. The zero-order valence-corrected chi connectivity index (χ0v) is 22.8. The summed E-state index contributed by atoms with van der Waals surface area (Å²) >= 11 is 0. The van der Waals surface area contributed by atoms with E-state index in [0.717, 1.165) is 48.8 Å². The molecule has 1 unspecified atom stereocenters. The summed E-state index contributed by atoms with van der Waals surface area (Å²) in [5, 5.41) is 0. The van der Waals surface area contributed by atoms with E-state index in [1.807, 2.05) is 67.6 Å². The monoisotopic (exact) mass is 498 g/mol. The maximum absolute atomic E-state index is 13.5. The van der Waals surface area contributed by atoms with Crippen LogP contribution >= 0.6 is 0 Å². The van der Waals surface area contributed by atoms with Gasteiger partial charge in [0.2, 0.25) is 0 Å². The number of ether oxygens (including phenoxy) is 1. The molecule has 0 bridgehead atoms. The maximum Gasteiger partial charge on any atom is 0.338 e. The summed E-state index contributed by atoms with van der Waals surface area (Å²) in [5.41, 5.74) is 5.29. The molecular weight excluding hydrogens is 456 g/mol. The molecule has 0 fully saturated rings. The van der Waals surface area contributed by atoms with Crippen LogP contribution in [0.1, 0.15) is 110 Å². The highest BCUT2D eigenvalue weighted by Crippen LogP contribution is 2.32. The summed E-state index contributed by atoms with van der Waals surface area (Å²) in [5.74, 6) is -0.672. The van der Waals surface area contributed by atoms with Crippen LogP contribution in [0.25, 0.3) is 11.1 Å². The Labute approximate surface area is 223 Å². The van der Waals surface area contributed by atoms with E-state index >= 15 is 0 Å². The Morgan fingerprint density at radius 2 is 1.38 bits per heavy atom. The molecule has 0 aliphatic rings. The molecule has 0 spiro atoms. The third kappa shape index (κ3) is 8.42. The molecule has 3 aromatic carbocycles. The summed E-state index contributed by atoms with van der Waals surface area (Å²) in [4.78, 5) is 26.4. The number of aryl methyl sites for hydroxylation is 1. The zero-order chi connectivity index (χ0) is 26.5. The highest BCUT2D eigenvalue weighted by molar-refractivity contribution is 6.02. The number of carbonyl (C=O) groups excluding carboxylic acids is 2. The molecule has 3 nitrogen and oxygen atoms in total. The van der Waals surface area contributed by atoms with E-state index in [1.165, 1.54) is 31.2 Å². The van der Waals surface area contributed by atoms with Gasteiger partial charge in [-0.15, -0.1) is 0 Å². The van der Waals surface area contributed by atoms with Gasteiger partial charge in [-0.1, -0.05) is 120 Å². The molecule has 3 aromatic rings. The van der Waals surface area contributed by atoms with Crippen LogP contribution in [0.4, 0.5) is 0 Å². The van der Waals surface area contributed by atoms with Gasteiger partial charge in [0.05, 0.1) is 12.2 Å². The predicted octanol–water partition coefficient (Wildman–Crippen LogP) is 9.20. The first-order chi connectivity index (χ1) is 18.0. The largest absolute Gasteiger partial charge is 0.462 e. The molecule has 0 saturated heterocycles. The lowest BCUT2D eigenvalue weighted by Crippen LogP contribution is -2.13. The summed E-state index contributed by atoms with van der Waals surface area (Å²) in [6.45, 7) is 6.75. The van der Waals surface area contributed by atoms with Gasteiger partial charge in [-0.2, -0.15) is 0 Å². The Kier molecular flexibility index (Phi) is 11.6. The Hall–Kier alpha value is -3.20. The minimum absolute atomic E-state index is 0.0526. The molecule has 0 saturated carbocycles. The average molecular weight is 499 g/mol. The molecule has 0 aromatic heterocycles. The molecule has 1 atom stereocenters. The molecule has 3 heteroatoms. The van der Waals surface area contributed by atoms with Crippen molar-refractivity contribution < 1.29 is 14.3 Å². The number of hydrogen-bond donors (Lipinski definition) is 0. The van der Waals surface area contributed by atoms with E-state index < -0.39 is 5.92 Å². The van der Waals surface area contributed by atoms with Crippen LogP contribution in [0.5, 0.6) is 0 Å². The first-order valence-corrected chi connectivity index (χ1v) is 14.0. The van der Waals surface area contributed by atoms with Gasteiger partial charge in [-0.3, -0.25) is 4.79 Å². The van der Waals surface area contributed by atoms with Gasteiger partial charge in [0.25, 0.3) is 0 Å². The van der Waals surface area contributed by atoms with Crippen LogP contribution in [0.3, 0.4) is 0 Å². The summed E-state index contributed by atoms with van der Waals surface area (Å²) in [6, 6.07) is 23.6. The summed E-state index contributed by atoms with van der Waals surface area (Å²) in [6.07, 6.45) is 10.2. The number of unbranched alkanes of at least 4 members (excludes halogenated alkanes) is 6. The van der Waals surface area contributed by atoms with Crippen molar-refractivity contribution in [1.82, 2.24) is 0 Å². The second-order valence-electron chi connectivity index (χ2n) is 9.96. The lowest BCUT2D eigenvalue weighted by Gasteiger charge is -2.18. The third-order valence-electron chi connectivity index (χ3n) is 7.02. The van der Waals surface area contributed by atoms with E-state index in [4.69, 9.17) is 4.74 Å². The van der Waals surface area contributed by atoms with Crippen LogP contribution < -0.4 is 0 Å². The van der Waals surface area contributed by atoms with E-state index in [0.29, 0.717) is 17.7 Å². The molecule has 3 rings (SSSR count). The van der Waals surface area contributed by atoms with E-state index in [2.05, 4.69) is 26.0 Å². The van der Waals surface area contributed by atoms with Gasteiger partial charge in [0, 0.05) is 11.5 Å². The first-order valence-electron chi connectivity index (χ1n) is 14.0. The number of carbonyl (C=O) groups is 2. The lowest BCUT2D eigenvalue weighted by atomic mass is 9.85. The zero-order valence-electron chi connectivity index (χ0n) is 22.8. The SMILES string of the molecule is CCCCCCCCOC(=O)c1ccc(-c2ccccc2)c(C(C)C(=O)c2ccc(CCCC)cc2)c1. The molecule has 0 aliphatic heterocycles.